The van der Waals surface area contributed by atoms with Gasteiger partial charge in [-0.1, -0.05) is 0 Å². The normalized spacial score (nSPS) is 25.2. The van der Waals surface area contributed by atoms with Crippen LogP contribution in [-0.2, 0) is 13.0 Å². The van der Waals surface area contributed by atoms with Crippen molar-refractivity contribution in [3.05, 3.63) is 34.6 Å². The lowest BCUT2D eigenvalue weighted by Gasteiger charge is -2.46. The number of fused-ring (bicyclic) bond motifs is 1. The molecule has 1 heterocycles. The van der Waals surface area contributed by atoms with Gasteiger partial charge in [-0.15, -0.1) is 0 Å². The van der Waals surface area contributed by atoms with Crippen molar-refractivity contribution in [2.75, 3.05) is 20.1 Å². The van der Waals surface area contributed by atoms with E-state index in [9.17, 15) is 9.18 Å². The maximum Gasteiger partial charge on any atom is 0.274 e. The molecule has 27 heavy (non-hydrogen) atoms. The number of halogens is 1. The lowest BCUT2D eigenvalue weighted by molar-refractivity contribution is 0.0431. The fourth-order valence-electron chi connectivity index (χ4n) is 4.79. The zero-order chi connectivity index (χ0) is 19.0. The van der Waals surface area contributed by atoms with Gasteiger partial charge in [0.1, 0.15) is 5.82 Å². The quantitative estimate of drug-likeness (QED) is 0.568. The van der Waals surface area contributed by atoms with E-state index in [-0.39, 0.29) is 11.4 Å². The van der Waals surface area contributed by atoms with E-state index in [0.717, 1.165) is 36.1 Å². The summed E-state index contributed by atoms with van der Waals surface area (Å²) in [5, 5.41) is 8.77. The lowest BCUT2D eigenvalue weighted by atomic mass is 9.75. The molecule has 5 nitrogen and oxygen atoms in total. The highest BCUT2D eigenvalue weighted by molar-refractivity contribution is 5.93. The van der Waals surface area contributed by atoms with Crippen LogP contribution in [0.3, 0.4) is 0 Å². The Morgan fingerprint density at radius 1 is 1.33 bits per heavy atom. The van der Waals surface area contributed by atoms with Crippen LogP contribution in [0.15, 0.2) is 12.1 Å². The highest BCUT2D eigenvalue weighted by atomic mass is 19.1. The number of hydroxylamine groups is 1. The number of rotatable bonds is 7. The molecule has 1 aromatic rings. The molecule has 1 aromatic carbocycles. The van der Waals surface area contributed by atoms with Crippen molar-refractivity contribution in [2.45, 2.75) is 63.6 Å². The molecule has 6 heteroatoms. The fraction of sp³-hybridized carbons (Fsp3) is 0.667. The van der Waals surface area contributed by atoms with Crippen LogP contribution in [0.5, 0.6) is 0 Å². The van der Waals surface area contributed by atoms with Crippen LogP contribution < -0.4 is 5.48 Å². The molecule has 2 unspecified atom stereocenters. The largest absolute Gasteiger partial charge is 0.303 e. The molecule has 4 rings (SSSR count). The Morgan fingerprint density at radius 2 is 2.15 bits per heavy atom. The van der Waals surface area contributed by atoms with Crippen LogP contribution in [0.25, 0.3) is 0 Å². The van der Waals surface area contributed by atoms with Gasteiger partial charge in [-0.3, -0.25) is 14.9 Å². The van der Waals surface area contributed by atoms with Crippen molar-refractivity contribution >= 4 is 5.91 Å². The molecule has 0 radical (unpaired) electrons. The Morgan fingerprint density at radius 3 is 2.81 bits per heavy atom. The van der Waals surface area contributed by atoms with E-state index in [1.165, 1.54) is 51.1 Å². The minimum Gasteiger partial charge on any atom is -0.303 e. The van der Waals surface area contributed by atoms with E-state index in [0.29, 0.717) is 12.6 Å². The van der Waals surface area contributed by atoms with Crippen LogP contribution in [0, 0.1) is 11.7 Å². The third-order valence-corrected chi connectivity index (χ3v) is 6.78. The summed E-state index contributed by atoms with van der Waals surface area (Å²) in [6, 6.07) is 4.36. The zero-order valence-corrected chi connectivity index (χ0v) is 16.1. The molecule has 2 saturated carbocycles. The first-order chi connectivity index (χ1) is 13.1. The van der Waals surface area contributed by atoms with Gasteiger partial charge in [-0.05, 0) is 82.2 Å². The van der Waals surface area contributed by atoms with Crippen LogP contribution in [0.1, 0.15) is 60.0 Å². The Bertz CT molecular complexity index is 707. The van der Waals surface area contributed by atoms with E-state index < -0.39 is 5.91 Å². The van der Waals surface area contributed by atoms with Crippen LogP contribution in [0.4, 0.5) is 4.39 Å². The van der Waals surface area contributed by atoms with E-state index in [1.807, 2.05) is 0 Å². The first-order valence-corrected chi connectivity index (χ1v) is 10.3. The summed E-state index contributed by atoms with van der Waals surface area (Å²) >= 11 is 0. The molecule has 1 aliphatic heterocycles. The van der Waals surface area contributed by atoms with Crippen molar-refractivity contribution in [1.29, 1.82) is 0 Å². The van der Waals surface area contributed by atoms with Gasteiger partial charge in [-0.25, -0.2) is 9.87 Å². The molecule has 0 aromatic heterocycles. The number of nitrogens with one attached hydrogen (secondary N) is 1. The molecule has 0 bridgehead atoms. The molecule has 148 valence electrons. The highest BCUT2D eigenvalue weighted by Gasteiger charge is 2.37. The lowest BCUT2D eigenvalue weighted by Crippen LogP contribution is -2.49. The van der Waals surface area contributed by atoms with Gasteiger partial charge in [0, 0.05) is 36.3 Å². The third kappa shape index (κ3) is 4.03. The number of nitrogens with zero attached hydrogens (tertiary/aromatic N) is 2. The van der Waals surface area contributed by atoms with E-state index in [4.69, 9.17) is 5.21 Å². The topological polar surface area (TPSA) is 55.8 Å². The van der Waals surface area contributed by atoms with Crippen LogP contribution in [0.2, 0.25) is 0 Å². The highest BCUT2D eigenvalue weighted by Crippen LogP contribution is 2.38. The summed E-state index contributed by atoms with van der Waals surface area (Å²) in [4.78, 5) is 16.5. The van der Waals surface area contributed by atoms with E-state index in [1.54, 1.807) is 11.5 Å². The van der Waals surface area contributed by atoms with Crippen molar-refractivity contribution in [3.8, 4) is 0 Å². The minimum atomic E-state index is -0.658. The summed E-state index contributed by atoms with van der Waals surface area (Å²) in [5.41, 5.74) is 3.38. The smallest absolute Gasteiger partial charge is 0.274 e. The SMILES string of the molecule is CN(CCCC1CCC1N1CCc2cc(C(=O)NO)cc(F)c2C1)C1CC1. The summed E-state index contributed by atoms with van der Waals surface area (Å²) in [5.74, 6) is -0.256. The number of hydrogen-bond acceptors (Lipinski definition) is 4. The zero-order valence-electron chi connectivity index (χ0n) is 16.1. The second-order valence-corrected chi connectivity index (χ2v) is 8.52. The average Bonchev–Trinajstić information content (AvgIpc) is 3.49. The van der Waals surface area contributed by atoms with Crippen LogP contribution >= 0.6 is 0 Å². The van der Waals surface area contributed by atoms with Crippen molar-refractivity contribution in [1.82, 2.24) is 15.3 Å². The second kappa shape index (κ2) is 7.86. The number of amides is 1. The van der Waals surface area contributed by atoms with Gasteiger partial charge in [-0.2, -0.15) is 0 Å². The fourth-order valence-corrected chi connectivity index (χ4v) is 4.79. The van der Waals surface area contributed by atoms with Crippen LogP contribution in [-0.4, -0.2) is 53.1 Å². The summed E-state index contributed by atoms with van der Waals surface area (Å²) in [6.07, 6.45) is 8.51. The number of carbonyl (C=O) groups is 1. The second-order valence-electron chi connectivity index (χ2n) is 8.52. The Hall–Kier alpha value is -1.50. The molecule has 3 aliphatic rings. The molecule has 2 N–H and O–H groups in total. The Kier molecular flexibility index (Phi) is 5.48. The van der Waals surface area contributed by atoms with Gasteiger partial charge < -0.3 is 4.90 Å². The number of benzene rings is 1. The Labute approximate surface area is 160 Å². The molecule has 0 saturated heterocycles. The van der Waals surface area contributed by atoms with E-state index in [2.05, 4.69) is 16.8 Å². The van der Waals surface area contributed by atoms with E-state index >= 15 is 0 Å². The molecular weight excluding hydrogens is 345 g/mol. The monoisotopic (exact) mass is 375 g/mol. The van der Waals surface area contributed by atoms with Gasteiger partial charge >= 0.3 is 0 Å². The van der Waals surface area contributed by atoms with Gasteiger partial charge in [0.2, 0.25) is 0 Å². The molecule has 2 fully saturated rings. The van der Waals surface area contributed by atoms with Gasteiger partial charge in [0.05, 0.1) is 0 Å². The van der Waals surface area contributed by atoms with Crippen molar-refractivity contribution in [3.63, 3.8) is 0 Å². The molecule has 0 spiro atoms. The molecular formula is C21H30FN3O2. The maximum absolute atomic E-state index is 14.6. The third-order valence-electron chi connectivity index (χ3n) is 6.78. The summed E-state index contributed by atoms with van der Waals surface area (Å²) < 4.78 is 14.6. The number of hydrogen-bond donors (Lipinski definition) is 2. The molecule has 2 aliphatic carbocycles. The van der Waals surface area contributed by atoms with Crippen molar-refractivity contribution in [2.24, 2.45) is 5.92 Å². The van der Waals surface area contributed by atoms with Gasteiger partial charge in [0.15, 0.2) is 0 Å². The first kappa shape index (κ1) is 18.8. The van der Waals surface area contributed by atoms with Crippen molar-refractivity contribution < 1.29 is 14.4 Å². The number of carbonyl (C=O) groups excluding carboxylic acids is 1. The Balaban J connectivity index is 1.34. The molecule has 1 amide bonds. The standard InChI is InChI=1S/C21H30FN3O2/c1-24(17-5-6-17)9-2-3-14-4-7-20(14)25-10-8-15-11-16(21(26)23-27)12-19(22)18(15)13-25/h11-12,14,17,20,27H,2-10,13H2,1H3,(H,23,26). The average molecular weight is 375 g/mol. The maximum atomic E-state index is 14.6. The summed E-state index contributed by atoms with van der Waals surface area (Å²) in [7, 11) is 2.24. The first-order valence-electron chi connectivity index (χ1n) is 10.3. The predicted octanol–water partition coefficient (Wildman–Crippen LogP) is 2.96. The summed E-state index contributed by atoms with van der Waals surface area (Å²) in [6.45, 7) is 2.74. The predicted molar refractivity (Wildman–Crippen MR) is 101 cm³/mol. The van der Waals surface area contributed by atoms with Gasteiger partial charge in [0.25, 0.3) is 5.91 Å². The molecule has 2 atom stereocenters. The minimum absolute atomic E-state index is 0.184.